The molecule has 3 aromatic carbocycles. The van der Waals surface area contributed by atoms with Gasteiger partial charge >= 0.3 is 0 Å². The van der Waals surface area contributed by atoms with E-state index < -0.39 is 0 Å². The van der Waals surface area contributed by atoms with Crippen molar-refractivity contribution in [2.24, 2.45) is 0 Å². The number of hydrogen-bond acceptors (Lipinski definition) is 4. The second-order valence-electron chi connectivity index (χ2n) is 6.53. The molecule has 0 fully saturated rings. The Morgan fingerprint density at radius 1 is 0.828 bits per heavy atom. The zero-order valence-corrected chi connectivity index (χ0v) is 16.7. The van der Waals surface area contributed by atoms with E-state index in [4.69, 9.17) is 11.6 Å². The quantitative estimate of drug-likeness (QED) is 0.429. The van der Waals surface area contributed by atoms with Crippen LogP contribution in [0.1, 0.15) is 5.56 Å². The van der Waals surface area contributed by atoms with Gasteiger partial charge in [0.1, 0.15) is 0 Å². The molecule has 0 amide bonds. The molecule has 6 heteroatoms. The number of halogens is 1. The number of rotatable bonds is 3. The van der Waals surface area contributed by atoms with Gasteiger partial charge in [0, 0.05) is 5.56 Å². The van der Waals surface area contributed by atoms with Gasteiger partial charge in [-0.05, 0) is 34.9 Å². The van der Waals surface area contributed by atoms with Crippen LogP contribution in [0.25, 0.3) is 33.6 Å². The molecule has 140 valence electrons. The molecule has 0 unspecified atom stereocenters. The Labute approximate surface area is 175 Å². The Kier molecular flexibility index (Phi) is 4.46. The van der Waals surface area contributed by atoms with Crippen LogP contribution >= 0.6 is 22.9 Å². The van der Waals surface area contributed by atoms with E-state index in [1.165, 1.54) is 15.7 Å². The molecule has 0 aliphatic carbocycles. The van der Waals surface area contributed by atoms with E-state index >= 15 is 0 Å². The summed E-state index contributed by atoms with van der Waals surface area (Å²) in [7, 11) is 0. The van der Waals surface area contributed by atoms with Crippen molar-refractivity contribution in [3.05, 3.63) is 104 Å². The smallest absolute Gasteiger partial charge is 0.267 e. The van der Waals surface area contributed by atoms with E-state index in [9.17, 15) is 4.79 Å². The largest absolute Gasteiger partial charge is 0.276 e. The molecule has 0 N–H and O–H groups in total. The summed E-state index contributed by atoms with van der Waals surface area (Å²) in [5, 5.41) is 8.87. The lowest BCUT2D eigenvalue weighted by Crippen LogP contribution is -2.23. The van der Waals surface area contributed by atoms with Gasteiger partial charge in [0.15, 0.2) is 5.82 Å². The minimum atomic E-state index is -0.142. The monoisotopic (exact) mass is 415 g/mol. The Hall–Kier alpha value is -3.28. The fourth-order valence-corrected chi connectivity index (χ4v) is 4.37. The first kappa shape index (κ1) is 17.8. The SMILES string of the molecule is O=c1/c(=C/c2ccc(-c3ccccc3)cc2)sc2nnc(-c3ccccc3Cl)n12. The van der Waals surface area contributed by atoms with Crippen LogP contribution in [0.4, 0.5) is 0 Å². The van der Waals surface area contributed by atoms with Gasteiger partial charge in [-0.3, -0.25) is 4.79 Å². The average molecular weight is 416 g/mol. The van der Waals surface area contributed by atoms with Gasteiger partial charge in [0.2, 0.25) is 4.96 Å². The molecule has 0 saturated carbocycles. The summed E-state index contributed by atoms with van der Waals surface area (Å²) >= 11 is 7.60. The molecule has 0 saturated heterocycles. The molecule has 5 rings (SSSR count). The molecule has 4 nitrogen and oxygen atoms in total. The van der Waals surface area contributed by atoms with Crippen LogP contribution in [0.2, 0.25) is 5.02 Å². The highest BCUT2D eigenvalue weighted by Gasteiger charge is 2.16. The maximum Gasteiger partial charge on any atom is 0.276 e. The molecule has 0 atom stereocenters. The van der Waals surface area contributed by atoms with Crippen LogP contribution in [0.5, 0.6) is 0 Å². The number of nitrogens with zero attached hydrogens (tertiary/aromatic N) is 3. The van der Waals surface area contributed by atoms with Crippen molar-refractivity contribution < 1.29 is 0 Å². The summed E-state index contributed by atoms with van der Waals surface area (Å²) < 4.78 is 2.13. The standard InChI is InChI=1S/C23H14ClN3OS/c24-19-9-5-4-8-18(19)21-25-26-23-27(21)22(28)20(29-23)14-15-10-12-17(13-11-15)16-6-2-1-3-7-16/h1-14H/b20-14-. The lowest BCUT2D eigenvalue weighted by atomic mass is 10.0. The van der Waals surface area contributed by atoms with E-state index in [0.29, 0.717) is 25.9 Å². The predicted molar refractivity (Wildman–Crippen MR) is 118 cm³/mol. The molecular weight excluding hydrogens is 402 g/mol. The highest BCUT2D eigenvalue weighted by molar-refractivity contribution is 7.15. The van der Waals surface area contributed by atoms with Crippen LogP contribution in [-0.2, 0) is 0 Å². The second kappa shape index (κ2) is 7.28. The molecule has 5 aromatic rings. The summed E-state index contributed by atoms with van der Waals surface area (Å²) in [4.78, 5) is 13.6. The summed E-state index contributed by atoms with van der Waals surface area (Å²) in [6, 6.07) is 25.6. The number of thiazole rings is 1. The lowest BCUT2D eigenvalue weighted by molar-refractivity contribution is 1.09. The Morgan fingerprint density at radius 3 is 2.28 bits per heavy atom. The van der Waals surface area contributed by atoms with Crippen molar-refractivity contribution in [3.8, 4) is 22.5 Å². The molecule has 0 aliphatic rings. The van der Waals surface area contributed by atoms with Crippen molar-refractivity contribution in [2.45, 2.75) is 0 Å². The summed E-state index contributed by atoms with van der Waals surface area (Å²) in [6.45, 7) is 0. The molecular formula is C23H14ClN3OS. The van der Waals surface area contributed by atoms with E-state index in [-0.39, 0.29) is 5.56 Å². The predicted octanol–water partition coefficient (Wildman–Crippen LogP) is 4.69. The van der Waals surface area contributed by atoms with E-state index in [1.54, 1.807) is 6.07 Å². The Bertz CT molecular complexity index is 1420. The van der Waals surface area contributed by atoms with E-state index in [2.05, 4.69) is 34.5 Å². The van der Waals surface area contributed by atoms with Gasteiger partial charge in [-0.25, -0.2) is 4.40 Å². The number of hydrogen-bond donors (Lipinski definition) is 0. The summed E-state index contributed by atoms with van der Waals surface area (Å²) in [5.74, 6) is 0.464. The fraction of sp³-hybridized carbons (Fsp3) is 0. The van der Waals surface area contributed by atoms with Gasteiger partial charge < -0.3 is 0 Å². The van der Waals surface area contributed by atoms with Crippen molar-refractivity contribution >= 4 is 34.0 Å². The third kappa shape index (κ3) is 3.24. The molecule has 29 heavy (non-hydrogen) atoms. The normalized spacial score (nSPS) is 12.0. The zero-order chi connectivity index (χ0) is 19.8. The van der Waals surface area contributed by atoms with Crippen molar-refractivity contribution in [3.63, 3.8) is 0 Å². The first-order valence-corrected chi connectivity index (χ1v) is 10.2. The first-order chi connectivity index (χ1) is 14.2. The van der Waals surface area contributed by atoms with Gasteiger partial charge in [-0.15, -0.1) is 10.2 Å². The molecule has 2 heterocycles. The lowest BCUT2D eigenvalue weighted by Gasteiger charge is -2.01. The third-order valence-corrected chi connectivity index (χ3v) is 5.97. The van der Waals surface area contributed by atoms with Crippen LogP contribution < -0.4 is 10.1 Å². The number of fused-ring (bicyclic) bond motifs is 1. The number of aromatic nitrogens is 3. The maximum absolute atomic E-state index is 13.0. The van der Waals surface area contributed by atoms with Crippen molar-refractivity contribution in [1.29, 1.82) is 0 Å². The van der Waals surface area contributed by atoms with Gasteiger partial charge in [0.05, 0.1) is 9.55 Å². The van der Waals surface area contributed by atoms with Crippen molar-refractivity contribution in [1.82, 2.24) is 14.6 Å². The molecule has 0 bridgehead atoms. The topological polar surface area (TPSA) is 47.3 Å². The zero-order valence-electron chi connectivity index (χ0n) is 15.1. The van der Waals surface area contributed by atoms with E-state index in [0.717, 1.165) is 16.7 Å². The van der Waals surface area contributed by atoms with E-state index in [1.807, 2.05) is 54.6 Å². The van der Waals surface area contributed by atoms with Crippen LogP contribution in [0.3, 0.4) is 0 Å². The van der Waals surface area contributed by atoms with Crippen LogP contribution in [0, 0.1) is 0 Å². The van der Waals surface area contributed by atoms with Crippen LogP contribution in [-0.4, -0.2) is 14.6 Å². The average Bonchev–Trinajstić information content (AvgIpc) is 3.30. The third-order valence-electron chi connectivity index (χ3n) is 4.68. The highest BCUT2D eigenvalue weighted by Crippen LogP contribution is 2.26. The molecule has 0 radical (unpaired) electrons. The molecule has 0 aliphatic heterocycles. The van der Waals surface area contributed by atoms with Gasteiger partial charge in [0.25, 0.3) is 5.56 Å². The maximum atomic E-state index is 13.0. The minimum absolute atomic E-state index is 0.142. The van der Waals surface area contributed by atoms with Crippen LogP contribution in [0.15, 0.2) is 83.7 Å². The van der Waals surface area contributed by atoms with Gasteiger partial charge in [-0.1, -0.05) is 89.7 Å². The highest BCUT2D eigenvalue weighted by atomic mass is 35.5. The Morgan fingerprint density at radius 2 is 1.52 bits per heavy atom. The van der Waals surface area contributed by atoms with Crippen molar-refractivity contribution in [2.75, 3.05) is 0 Å². The Balaban J connectivity index is 1.58. The fourth-order valence-electron chi connectivity index (χ4n) is 3.23. The van der Waals surface area contributed by atoms with Gasteiger partial charge in [-0.2, -0.15) is 0 Å². The molecule has 0 spiro atoms. The number of benzene rings is 3. The summed E-state index contributed by atoms with van der Waals surface area (Å²) in [6.07, 6.45) is 1.88. The second-order valence-corrected chi connectivity index (χ2v) is 7.94. The minimum Gasteiger partial charge on any atom is -0.267 e. The first-order valence-electron chi connectivity index (χ1n) is 9.01. The molecule has 2 aromatic heterocycles. The summed E-state index contributed by atoms with van der Waals surface area (Å²) in [5.41, 5.74) is 3.80.